The number of likely N-dealkylation sites (tertiary alicyclic amines) is 1. The Morgan fingerprint density at radius 1 is 1.25 bits per heavy atom. The van der Waals surface area contributed by atoms with Gasteiger partial charge in [-0.05, 0) is 36.7 Å². The van der Waals surface area contributed by atoms with Crippen LogP contribution in [0.3, 0.4) is 0 Å². The summed E-state index contributed by atoms with van der Waals surface area (Å²) in [4.78, 5) is 12.6. The number of nitrogens with zero attached hydrogens (tertiary/aromatic N) is 1. The molecular formula is C16H22N2O2. The van der Waals surface area contributed by atoms with Crippen molar-refractivity contribution in [2.24, 2.45) is 11.8 Å². The van der Waals surface area contributed by atoms with Crippen molar-refractivity contribution >= 4 is 6.09 Å². The molecule has 1 aliphatic heterocycles. The van der Waals surface area contributed by atoms with Gasteiger partial charge in [-0.15, -0.1) is 0 Å². The van der Waals surface area contributed by atoms with E-state index in [1.54, 1.807) is 4.90 Å². The lowest BCUT2D eigenvalue weighted by Gasteiger charge is -2.32. The molecule has 3 atom stereocenters. The molecule has 108 valence electrons. The van der Waals surface area contributed by atoms with Crippen LogP contribution in [0.4, 0.5) is 4.79 Å². The molecule has 1 saturated heterocycles. The average molecular weight is 274 g/mol. The Bertz CT molecular complexity index is 463. The minimum atomic E-state index is -0.760. The summed E-state index contributed by atoms with van der Waals surface area (Å²) in [5.74, 6) is 1.26. The van der Waals surface area contributed by atoms with Crippen molar-refractivity contribution in [3.05, 3.63) is 35.9 Å². The van der Waals surface area contributed by atoms with E-state index < -0.39 is 6.09 Å². The lowest BCUT2D eigenvalue weighted by Crippen LogP contribution is -2.41. The van der Waals surface area contributed by atoms with Crippen molar-refractivity contribution in [3.63, 3.8) is 0 Å². The first-order valence-corrected chi connectivity index (χ1v) is 7.47. The summed E-state index contributed by atoms with van der Waals surface area (Å²) in [5, 5.41) is 12.7. The number of amides is 1. The highest BCUT2D eigenvalue weighted by atomic mass is 16.4. The summed E-state index contributed by atoms with van der Waals surface area (Å²) in [6, 6.07) is 11.0. The van der Waals surface area contributed by atoms with Crippen molar-refractivity contribution < 1.29 is 9.90 Å². The molecule has 0 bridgehead atoms. The second kappa shape index (κ2) is 5.83. The molecule has 20 heavy (non-hydrogen) atoms. The van der Waals surface area contributed by atoms with Gasteiger partial charge in [0.05, 0.1) is 0 Å². The highest BCUT2D eigenvalue weighted by Crippen LogP contribution is 2.38. The molecule has 4 nitrogen and oxygen atoms in total. The molecule has 0 spiro atoms. The smallest absolute Gasteiger partial charge is 0.407 e. The first-order chi connectivity index (χ1) is 9.72. The number of fused-ring (bicyclic) bond motifs is 1. The Kier molecular flexibility index (Phi) is 3.92. The third kappa shape index (κ3) is 2.96. The van der Waals surface area contributed by atoms with E-state index in [1.165, 1.54) is 12.0 Å². The van der Waals surface area contributed by atoms with Gasteiger partial charge in [0.25, 0.3) is 0 Å². The summed E-state index contributed by atoms with van der Waals surface area (Å²) in [7, 11) is 0. The number of benzene rings is 1. The fourth-order valence-corrected chi connectivity index (χ4v) is 3.68. The van der Waals surface area contributed by atoms with Crippen LogP contribution in [0.15, 0.2) is 30.3 Å². The first kappa shape index (κ1) is 13.4. The topological polar surface area (TPSA) is 52.6 Å². The highest BCUT2D eigenvalue weighted by Gasteiger charge is 2.38. The zero-order chi connectivity index (χ0) is 13.9. The Hall–Kier alpha value is -1.55. The van der Waals surface area contributed by atoms with E-state index in [4.69, 9.17) is 5.11 Å². The van der Waals surface area contributed by atoms with E-state index in [0.717, 1.165) is 25.9 Å². The standard InChI is InChI=1S/C16H22N2O2/c19-16(20)18-7-6-13-8-15(9-14(13)11-18)17-10-12-4-2-1-3-5-12/h1-5,13-15,17H,6-11H2,(H,19,20)/t13-,14-,15+/m0/s1. The number of hydrogen-bond acceptors (Lipinski definition) is 2. The Labute approximate surface area is 119 Å². The molecular weight excluding hydrogens is 252 g/mol. The van der Waals surface area contributed by atoms with E-state index in [1.807, 2.05) is 6.07 Å². The molecule has 3 rings (SSSR count). The van der Waals surface area contributed by atoms with E-state index in [0.29, 0.717) is 24.4 Å². The van der Waals surface area contributed by atoms with Crippen LogP contribution in [0.5, 0.6) is 0 Å². The minimum Gasteiger partial charge on any atom is -0.465 e. The van der Waals surface area contributed by atoms with Crippen LogP contribution in [0, 0.1) is 11.8 Å². The van der Waals surface area contributed by atoms with Crippen LogP contribution < -0.4 is 5.32 Å². The van der Waals surface area contributed by atoms with Crippen LogP contribution in [-0.4, -0.2) is 35.2 Å². The number of rotatable bonds is 3. The monoisotopic (exact) mass is 274 g/mol. The van der Waals surface area contributed by atoms with Gasteiger partial charge in [-0.25, -0.2) is 4.79 Å². The molecule has 0 radical (unpaired) electrons. The minimum absolute atomic E-state index is 0.541. The maximum absolute atomic E-state index is 11.0. The first-order valence-electron chi connectivity index (χ1n) is 7.47. The largest absolute Gasteiger partial charge is 0.465 e. The zero-order valence-corrected chi connectivity index (χ0v) is 11.7. The van der Waals surface area contributed by atoms with Crippen molar-refractivity contribution in [2.75, 3.05) is 13.1 Å². The van der Waals surface area contributed by atoms with Gasteiger partial charge < -0.3 is 15.3 Å². The van der Waals surface area contributed by atoms with Crippen molar-refractivity contribution in [1.82, 2.24) is 10.2 Å². The summed E-state index contributed by atoms with van der Waals surface area (Å²) in [6.07, 6.45) is 2.58. The summed E-state index contributed by atoms with van der Waals surface area (Å²) in [5.41, 5.74) is 1.31. The van der Waals surface area contributed by atoms with E-state index in [2.05, 4.69) is 29.6 Å². The Balaban J connectivity index is 1.51. The van der Waals surface area contributed by atoms with Crippen LogP contribution in [0.1, 0.15) is 24.8 Å². The molecule has 4 heteroatoms. The fourth-order valence-electron chi connectivity index (χ4n) is 3.68. The molecule has 0 unspecified atom stereocenters. The second-order valence-electron chi connectivity index (χ2n) is 6.07. The van der Waals surface area contributed by atoms with Gasteiger partial charge in [-0.1, -0.05) is 30.3 Å². The van der Waals surface area contributed by atoms with Gasteiger partial charge in [0.2, 0.25) is 0 Å². The number of nitrogens with one attached hydrogen (secondary N) is 1. The van der Waals surface area contributed by atoms with Crippen molar-refractivity contribution in [1.29, 1.82) is 0 Å². The van der Waals surface area contributed by atoms with E-state index in [9.17, 15) is 4.79 Å². The molecule has 1 aliphatic carbocycles. The van der Waals surface area contributed by atoms with Crippen LogP contribution in [-0.2, 0) is 6.54 Å². The summed E-state index contributed by atoms with van der Waals surface area (Å²) < 4.78 is 0. The molecule has 1 heterocycles. The third-order valence-electron chi connectivity index (χ3n) is 4.77. The van der Waals surface area contributed by atoms with Crippen LogP contribution in [0.2, 0.25) is 0 Å². The average Bonchev–Trinajstić information content (AvgIpc) is 2.88. The van der Waals surface area contributed by atoms with Gasteiger partial charge in [0, 0.05) is 25.7 Å². The predicted molar refractivity (Wildman–Crippen MR) is 77.5 cm³/mol. The molecule has 2 aliphatic rings. The fraction of sp³-hybridized carbons (Fsp3) is 0.562. The number of piperidine rings is 1. The highest BCUT2D eigenvalue weighted by molar-refractivity contribution is 5.65. The van der Waals surface area contributed by atoms with Gasteiger partial charge in [0.15, 0.2) is 0 Å². The lowest BCUT2D eigenvalue weighted by molar-refractivity contribution is 0.106. The van der Waals surface area contributed by atoms with E-state index in [-0.39, 0.29) is 0 Å². The molecule has 2 N–H and O–H groups in total. The molecule has 1 saturated carbocycles. The van der Waals surface area contributed by atoms with Crippen molar-refractivity contribution in [2.45, 2.75) is 31.8 Å². The van der Waals surface area contributed by atoms with Crippen LogP contribution in [0.25, 0.3) is 0 Å². The molecule has 1 aromatic rings. The number of carbonyl (C=O) groups is 1. The SMILES string of the molecule is O=C(O)N1CC[C@H]2C[C@@H](NCc3ccccc3)C[C@H]2C1. The van der Waals surface area contributed by atoms with Gasteiger partial charge >= 0.3 is 6.09 Å². The summed E-state index contributed by atoms with van der Waals surface area (Å²) in [6.45, 7) is 2.35. The lowest BCUT2D eigenvalue weighted by atomic mass is 9.89. The van der Waals surface area contributed by atoms with Gasteiger partial charge in [0.1, 0.15) is 0 Å². The number of hydrogen-bond donors (Lipinski definition) is 2. The summed E-state index contributed by atoms with van der Waals surface area (Å²) >= 11 is 0. The normalized spacial score (nSPS) is 29.2. The number of carboxylic acid groups (broad SMARTS) is 1. The predicted octanol–water partition coefficient (Wildman–Crippen LogP) is 2.55. The van der Waals surface area contributed by atoms with Gasteiger partial charge in [-0.3, -0.25) is 0 Å². The second-order valence-corrected chi connectivity index (χ2v) is 6.07. The third-order valence-corrected chi connectivity index (χ3v) is 4.77. The maximum atomic E-state index is 11.0. The molecule has 1 aromatic carbocycles. The maximum Gasteiger partial charge on any atom is 0.407 e. The Morgan fingerprint density at radius 2 is 2.00 bits per heavy atom. The van der Waals surface area contributed by atoms with E-state index >= 15 is 0 Å². The molecule has 2 fully saturated rings. The van der Waals surface area contributed by atoms with Crippen LogP contribution >= 0.6 is 0 Å². The van der Waals surface area contributed by atoms with Crippen molar-refractivity contribution in [3.8, 4) is 0 Å². The Morgan fingerprint density at radius 3 is 2.75 bits per heavy atom. The molecule has 1 amide bonds. The molecule has 0 aromatic heterocycles. The zero-order valence-electron chi connectivity index (χ0n) is 11.7. The quantitative estimate of drug-likeness (QED) is 0.890. The van der Waals surface area contributed by atoms with Gasteiger partial charge in [-0.2, -0.15) is 0 Å².